The van der Waals surface area contributed by atoms with Crippen LogP contribution in [-0.2, 0) is 6.61 Å². The Balaban J connectivity index is 2.25. The largest absolute Gasteiger partial charge is 0.489 e. The number of nitrogens with zero attached hydrogens (tertiary/aromatic N) is 2. The fourth-order valence-electron chi connectivity index (χ4n) is 2.16. The smallest absolute Gasteiger partial charge is 0.130 e. The molecule has 0 amide bonds. The van der Waals surface area contributed by atoms with Crippen LogP contribution in [0.25, 0.3) is 6.08 Å². The maximum atomic E-state index is 8.91. The van der Waals surface area contributed by atoms with Gasteiger partial charge in [-0.3, -0.25) is 0 Å². The van der Waals surface area contributed by atoms with E-state index in [4.69, 9.17) is 15.3 Å². The van der Waals surface area contributed by atoms with E-state index in [-0.39, 0.29) is 5.57 Å². The Hall–Kier alpha value is -2.56. The summed E-state index contributed by atoms with van der Waals surface area (Å²) in [6, 6.07) is 15.4. The molecule has 0 aliphatic heterocycles. The molecule has 0 spiro atoms. The molecule has 0 atom stereocenters. The number of aryl methyl sites for hydroxylation is 2. The summed E-state index contributed by atoms with van der Waals surface area (Å²) in [5.74, 6) is 0.792. The topological polar surface area (TPSA) is 56.8 Å². The van der Waals surface area contributed by atoms with Crippen LogP contribution in [0.5, 0.6) is 5.75 Å². The van der Waals surface area contributed by atoms with E-state index in [1.807, 2.05) is 62.4 Å². The Bertz CT molecular complexity index is 808. The molecule has 4 heteroatoms. The number of benzene rings is 2. The van der Waals surface area contributed by atoms with Gasteiger partial charge in [0.05, 0.1) is 0 Å². The molecular formula is C19H15BrN2O. The van der Waals surface area contributed by atoms with Gasteiger partial charge in [0.15, 0.2) is 0 Å². The molecule has 0 aliphatic carbocycles. The zero-order chi connectivity index (χ0) is 16.8. The number of allylic oxidation sites excluding steroid dienone is 1. The first kappa shape index (κ1) is 16.8. The van der Waals surface area contributed by atoms with Crippen LogP contribution in [0.15, 0.2) is 46.4 Å². The molecule has 0 unspecified atom stereocenters. The highest BCUT2D eigenvalue weighted by Gasteiger charge is 2.06. The van der Waals surface area contributed by atoms with Gasteiger partial charge in [0.2, 0.25) is 0 Å². The van der Waals surface area contributed by atoms with Gasteiger partial charge in [-0.2, -0.15) is 10.5 Å². The maximum Gasteiger partial charge on any atom is 0.130 e. The van der Waals surface area contributed by atoms with Crippen molar-refractivity contribution in [1.82, 2.24) is 0 Å². The highest BCUT2D eigenvalue weighted by atomic mass is 79.9. The lowest BCUT2D eigenvalue weighted by Gasteiger charge is -2.12. The number of hydrogen-bond acceptors (Lipinski definition) is 3. The molecule has 114 valence electrons. The zero-order valence-corrected chi connectivity index (χ0v) is 14.5. The fourth-order valence-corrected chi connectivity index (χ4v) is 2.43. The molecule has 0 aromatic heterocycles. The lowest BCUT2D eigenvalue weighted by molar-refractivity contribution is 0.305. The van der Waals surface area contributed by atoms with E-state index < -0.39 is 0 Å². The molecule has 0 N–H and O–H groups in total. The molecule has 2 rings (SSSR count). The zero-order valence-electron chi connectivity index (χ0n) is 12.9. The molecule has 0 heterocycles. The summed E-state index contributed by atoms with van der Waals surface area (Å²) in [4.78, 5) is 0. The number of ether oxygens (including phenoxy) is 1. The Morgan fingerprint density at radius 3 is 2.35 bits per heavy atom. The summed E-state index contributed by atoms with van der Waals surface area (Å²) in [6.07, 6.45) is 1.61. The van der Waals surface area contributed by atoms with Gasteiger partial charge in [0, 0.05) is 4.47 Å². The summed E-state index contributed by atoms with van der Waals surface area (Å²) in [7, 11) is 0. The molecule has 0 aliphatic rings. The molecule has 23 heavy (non-hydrogen) atoms. The van der Waals surface area contributed by atoms with Crippen LogP contribution in [0.1, 0.15) is 22.3 Å². The van der Waals surface area contributed by atoms with Crippen LogP contribution in [0.2, 0.25) is 0 Å². The van der Waals surface area contributed by atoms with Crippen LogP contribution < -0.4 is 4.74 Å². The number of hydrogen-bond donors (Lipinski definition) is 0. The van der Waals surface area contributed by atoms with Crippen molar-refractivity contribution in [1.29, 1.82) is 10.5 Å². The van der Waals surface area contributed by atoms with E-state index >= 15 is 0 Å². The summed E-state index contributed by atoms with van der Waals surface area (Å²) >= 11 is 3.39. The van der Waals surface area contributed by atoms with Crippen LogP contribution in [0.3, 0.4) is 0 Å². The Morgan fingerprint density at radius 1 is 1.09 bits per heavy atom. The van der Waals surface area contributed by atoms with Gasteiger partial charge < -0.3 is 4.74 Å². The van der Waals surface area contributed by atoms with Gasteiger partial charge in [-0.25, -0.2) is 0 Å². The Morgan fingerprint density at radius 2 is 1.74 bits per heavy atom. The van der Waals surface area contributed by atoms with Gasteiger partial charge in [-0.05, 0) is 72.5 Å². The second-order valence-corrected chi connectivity index (χ2v) is 6.08. The second-order valence-electron chi connectivity index (χ2n) is 5.16. The van der Waals surface area contributed by atoms with E-state index in [2.05, 4.69) is 15.9 Å². The van der Waals surface area contributed by atoms with Crippen LogP contribution >= 0.6 is 15.9 Å². The molecule has 0 bridgehead atoms. The van der Waals surface area contributed by atoms with E-state index in [1.165, 1.54) is 0 Å². The van der Waals surface area contributed by atoms with Gasteiger partial charge in [-0.1, -0.05) is 22.0 Å². The second kappa shape index (κ2) is 7.63. The van der Waals surface area contributed by atoms with Crippen molar-refractivity contribution >= 4 is 22.0 Å². The fraction of sp³-hybridized carbons (Fsp3) is 0.158. The number of rotatable bonds is 4. The minimum absolute atomic E-state index is 0.0942. The normalized spacial score (nSPS) is 9.61. The molecule has 3 nitrogen and oxygen atoms in total. The summed E-state index contributed by atoms with van der Waals surface area (Å²) in [5.41, 5.74) is 4.13. The van der Waals surface area contributed by atoms with Gasteiger partial charge in [-0.15, -0.1) is 0 Å². The highest BCUT2D eigenvalue weighted by molar-refractivity contribution is 9.10. The molecular weight excluding hydrogens is 352 g/mol. The lowest BCUT2D eigenvalue weighted by atomic mass is 9.99. The molecule has 0 fully saturated rings. The maximum absolute atomic E-state index is 8.91. The summed E-state index contributed by atoms with van der Waals surface area (Å²) in [5, 5.41) is 17.8. The van der Waals surface area contributed by atoms with Crippen LogP contribution in [0, 0.1) is 36.5 Å². The highest BCUT2D eigenvalue weighted by Crippen LogP contribution is 2.22. The quantitative estimate of drug-likeness (QED) is 0.709. The van der Waals surface area contributed by atoms with Crippen molar-refractivity contribution in [2.75, 3.05) is 0 Å². The first-order valence-electron chi connectivity index (χ1n) is 7.04. The minimum atomic E-state index is 0.0942. The number of nitriles is 2. The molecule has 0 saturated carbocycles. The average molecular weight is 367 g/mol. The first-order chi connectivity index (χ1) is 11.0. The van der Waals surface area contributed by atoms with E-state index in [9.17, 15) is 0 Å². The average Bonchev–Trinajstić information content (AvgIpc) is 2.54. The Labute approximate surface area is 144 Å². The predicted octanol–water partition coefficient (Wildman–Crippen LogP) is 5.08. The monoisotopic (exact) mass is 366 g/mol. The van der Waals surface area contributed by atoms with Crippen molar-refractivity contribution in [2.24, 2.45) is 0 Å². The Kier molecular flexibility index (Phi) is 5.57. The van der Waals surface area contributed by atoms with Crippen molar-refractivity contribution < 1.29 is 4.74 Å². The van der Waals surface area contributed by atoms with Gasteiger partial charge >= 0.3 is 0 Å². The van der Waals surface area contributed by atoms with E-state index in [0.29, 0.717) is 6.61 Å². The minimum Gasteiger partial charge on any atom is -0.489 e. The molecule has 0 radical (unpaired) electrons. The van der Waals surface area contributed by atoms with E-state index in [1.54, 1.807) is 6.08 Å². The van der Waals surface area contributed by atoms with Crippen LogP contribution in [0.4, 0.5) is 0 Å². The first-order valence-corrected chi connectivity index (χ1v) is 7.83. The van der Waals surface area contributed by atoms with Crippen molar-refractivity contribution in [3.63, 3.8) is 0 Å². The third-order valence-electron chi connectivity index (χ3n) is 3.47. The van der Waals surface area contributed by atoms with Crippen molar-refractivity contribution in [3.8, 4) is 17.9 Å². The standard InChI is InChI=1S/C19H15BrN2O/c1-13-7-14(2)17(9-16(13)8-15(10-21)11-22)12-23-19-5-3-18(20)4-6-19/h3-9H,12H2,1-2H3. The third kappa shape index (κ3) is 4.45. The van der Waals surface area contributed by atoms with Crippen LogP contribution in [-0.4, -0.2) is 0 Å². The van der Waals surface area contributed by atoms with E-state index in [0.717, 1.165) is 32.5 Å². The predicted molar refractivity (Wildman–Crippen MR) is 93.6 cm³/mol. The van der Waals surface area contributed by atoms with Crippen molar-refractivity contribution in [2.45, 2.75) is 20.5 Å². The number of halogens is 1. The third-order valence-corrected chi connectivity index (χ3v) is 4.00. The van der Waals surface area contributed by atoms with Gasteiger partial charge in [0.1, 0.15) is 30.1 Å². The summed E-state index contributed by atoms with van der Waals surface area (Å²) in [6.45, 7) is 4.42. The SMILES string of the molecule is Cc1cc(C)c(COc2ccc(Br)cc2)cc1C=C(C#N)C#N. The molecule has 0 saturated heterocycles. The van der Waals surface area contributed by atoms with Gasteiger partial charge in [0.25, 0.3) is 0 Å². The lowest BCUT2D eigenvalue weighted by Crippen LogP contribution is -2.00. The summed E-state index contributed by atoms with van der Waals surface area (Å²) < 4.78 is 6.81. The molecule has 2 aromatic rings. The molecule has 2 aromatic carbocycles. The van der Waals surface area contributed by atoms with Crippen molar-refractivity contribution in [3.05, 3.63) is 68.7 Å².